The van der Waals surface area contributed by atoms with Gasteiger partial charge in [-0.25, -0.2) is 0 Å². The van der Waals surface area contributed by atoms with Gasteiger partial charge in [0, 0.05) is 44.1 Å². The highest BCUT2D eigenvalue weighted by atomic mass is 35.5. The zero-order valence-corrected chi connectivity index (χ0v) is 44.3. The number of hydrogen-bond donors (Lipinski definition) is 2. The van der Waals surface area contributed by atoms with Gasteiger partial charge in [0.2, 0.25) is 6.29 Å². The number of rotatable bonds is 23. The van der Waals surface area contributed by atoms with Crippen molar-refractivity contribution >= 4 is 35.4 Å². The highest BCUT2D eigenvalue weighted by Gasteiger charge is 2.51. The van der Waals surface area contributed by atoms with Crippen LogP contribution >= 0.6 is 11.6 Å². The van der Waals surface area contributed by atoms with Gasteiger partial charge < -0.3 is 53.3 Å². The average molecular weight is 1070 g/mol. The molecule has 0 aromatic heterocycles. The fraction of sp³-hybridized carbons (Fsp3) is 0.344. The molecule has 15 nitrogen and oxygen atoms in total. The first-order valence-electron chi connectivity index (χ1n) is 25.7. The molecule has 9 atom stereocenters. The van der Waals surface area contributed by atoms with E-state index in [2.05, 4.69) is 10.6 Å². The maximum atomic E-state index is 13.0. The third kappa shape index (κ3) is 16.1. The standard InChI is InChI=1S/C61H65ClN2O13/c1-39(65)69-37-52-30-47(55(71-33-41-17-9-5-10-18-41)61(76-52)75-51-29-46(28-50(62)32-51)45-25-48(59(67)63-3)27-49(26-45)60(68)64-4)31-53-56(72-34-42-19-11-6-12-20-42)58(74-36-44-23-15-8-16-24-44)57(54(77-53)38-70-40(2)66)73-35-43-21-13-7-14-22-43/h5-29,32,47,52-58,61H,30-31,33-38H2,1-4H3,(H,63,67)(H,64,68)/t47?,52?,53-,54?,55?,56?,57-,58?,61+/m1/s1. The topological polar surface area (TPSA) is 175 Å². The summed E-state index contributed by atoms with van der Waals surface area (Å²) in [5.41, 5.74) is 5.28. The van der Waals surface area contributed by atoms with E-state index in [1.165, 1.54) is 34.0 Å². The van der Waals surface area contributed by atoms with Gasteiger partial charge in [-0.15, -0.1) is 0 Å². The fourth-order valence-corrected chi connectivity index (χ4v) is 9.85. The first-order chi connectivity index (χ1) is 37.4. The highest BCUT2D eigenvalue weighted by molar-refractivity contribution is 6.31. The summed E-state index contributed by atoms with van der Waals surface area (Å²) in [7, 11) is 3.02. The molecule has 0 aliphatic carbocycles. The van der Waals surface area contributed by atoms with Crippen molar-refractivity contribution in [1.82, 2.24) is 10.6 Å². The number of benzene rings is 6. The monoisotopic (exact) mass is 1070 g/mol. The fourth-order valence-electron chi connectivity index (χ4n) is 9.62. The Balaban J connectivity index is 1.20. The molecule has 77 heavy (non-hydrogen) atoms. The van der Waals surface area contributed by atoms with Crippen molar-refractivity contribution in [3.05, 3.63) is 196 Å². The molecule has 0 spiro atoms. The predicted molar refractivity (Wildman–Crippen MR) is 288 cm³/mol. The van der Waals surface area contributed by atoms with Gasteiger partial charge in [0.05, 0.1) is 38.6 Å². The SMILES string of the molecule is CNC(=O)c1cc(C(=O)NC)cc(-c2cc(Cl)cc(O[C@H]3OC(COC(C)=O)CC(C[C@H]4OC(COC(C)=O)[C@@H](OCc5ccccc5)C(OCc5ccccc5)C4OCc4ccccc4)C3OCc3ccccc3)c2)c1. The molecule has 0 radical (unpaired) electrons. The maximum Gasteiger partial charge on any atom is 0.302 e. The van der Waals surface area contributed by atoms with Gasteiger partial charge in [-0.2, -0.15) is 0 Å². The van der Waals surface area contributed by atoms with Crippen LogP contribution in [0.2, 0.25) is 5.02 Å². The summed E-state index contributed by atoms with van der Waals surface area (Å²) in [5, 5.41) is 5.56. The molecule has 2 aliphatic rings. The zero-order chi connectivity index (χ0) is 54.1. The molecular formula is C61H65ClN2O13. The van der Waals surface area contributed by atoms with E-state index in [1.807, 2.05) is 121 Å². The van der Waals surface area contributed by atoms with Gasteiger partial charge in [-0.05, 0) is 88.5 Å². The van der Waals surface area contributed by atoms with E-state index in [1.54, 1.807) is 30.3 Å². The molecule has 8 rings (SSSR count). The third-order valence-corrected chi connectivity index (χ3v) is 13.5. The molecule has 404 valence electrons. The number of esters is 2. The molecule has 0 saturated carbocycles. The Morgan fingerprint density at radius 2 is 0.961 bits per heavy atom. The Kier molecular flexibility index (Phi) is 20.4. The molecule has 16 heteroatoms. The van der Waals surface area contributed by atoms with E-state index in [4.69, 9.17) is 54.2 Å². The minimum absolute atomic E-state index is 0.0980. The number of hydrogen-bond acceptors (Lipinski definition) is 13. The predicted octanol–water partition coefficient (Wildman–Crippen LogP) is 9.46. The van der Waals surface area contributed by atoms with Crippen molar-refractivity contribution in [1.29, 1.82) is 0 Å². The normalized spacial score (nSPS) is 22.1. The van der Waals surface area contributed by atoms with Crippen LogP contribution < -0.4 is 15.4 Å². The second-order valence-electron chi connectivity index (χ2n) is 19.0. The summed E-state index contributed by atoms with van der Waals surface area (Å²) in [4.78, 5) is 50.9. The van der Waals surface area contributed by atoms with E-state index in [-0.39, 0.29) is 74.8 Å². The lowest BCUT2D eigenvalue weighted by Gasteiger charge is -2.48. The molecule has 2 saturated heterocycles. The first kappa shape index (κ1) is 56.3. The number of ether oxygens (including phenoxy) is 9. The van der Waals surface area contributed by atoms with Crippen LogP contribution in [-0.2, 0) is 73.9 Å². The Labute approximate surface area is 454 Å². The van der Waals surface area contributed by atoms with Crippen molar-refractivity contribution in [3.8, 4) is 16.9 Å². The summed E-state index contributed by atoms with van der Waals surface area (Å²) in [6.45, 7) is 3.23. The molecule has 2 aliphatic heterocycles. The van der Waals surface area contributed by atoms with Crippen molar-refractivity contribution in [2.75, 3.05) is 27.3 Å². The summed E-state index contributed by atoms with van der Waals surface area (Å²) in [6.07, 6.45) is -5.98. The second-order valence-corrected chi connectivity index (χ2v) is 19.4. The van der Waals surface area contributed by atoms with Gasteiger partial charge in [0.15, 0.2) is 0 Å². The first-order valence-corrected chi connectivity index (χ1v) is 26.1. The van der Waals surface area contributed by atoms with Gasteiger partial charge in [-0.1, -0.05) is 133 Å². The molecule has 6 unspecified atom stereocenters. The molecule has 2 fully saturated rings. The van der Waals surface area contributed by atoms with Crippen LogP contribution in [0.4, 0.5) is 0 Å². The van der Waals surface area contributed by atoms with Crippen molar-refractivity contribution < 1.29 is 61.8 Å². The van der Waals surface area contributed by atoms with Crippen LogP contribution in [0.5, 0.6) is 5.75 Å². The second kappa shape index (κ2) is 27.9. The Morgan fingerprint density at radius 1 is 0.519 bits per heavy atom. The molecule has 0 bridgehead atoms. The summed E-state index contributed by atoms with van der Waals surface area (Å²) in [5.74, 6) is -1.90. The van der Waals surface area contributed by atoms with Gasteiger partial charge in [-0.3, -0.25) is 19.2 Å². The summed E-state index contributed by atoms with van der Waals surface area (Å²) in [6, 6.07) is 49.0. The lowest BCUT2D eigenvalue weighted by Crippen LogP contribution is -2.62. The van der Waals surface area contributed by atoms with Crippen LogP contribution in [0.15, 0.2) is 158 Å². The lowest BCUT2D eigenvalue weighted by atomic mass is 9.82. The molecular weight excluding hydrogens is 1000 g/mol. The molecule has 6 aromatic carbocycles. The van der Waals surface area contributed by atoms with Crippen molar-refractivity contribution in [2.45, 2.75) is 102 Å². The van der Waals surface area contributed by atoms with Gasteiger partial charge in [0.25, 0.3) is 11.8 Å². The van der Waals surface area contributed by atoms with Crippen LogP contribution in [0.1, 0.15) is 69.7 Å². The van der Waals surface area contributed by atoms with E-state index in [0.717, 1.165) is 22.3 Å². The minimum Gasteiger partial charge on any atom is -0.463 e. The van der Waals surface area contributed by atoms with Gasteiger partial charge in [0.1, 0.15) is 49.5 Å². The Morgan fingerprint density at radius 3 is 1.44 bits per heavy atom. The highest BCUT2D eigenvalue weighted by Crippen LogP contribution is 2.40. The van der Waals surface area contributed by atoms with Gasteiger partial charge >= 0.3 is 11.9 Å². The number of halogens is 1. The van der Waals surface area contributed by atoms with Crippen LogP contribution in [-0.4, -0.2) is 100 Å². The Bertz CT molecular complexity index is 2830. The van der Waals surface area contributed by atoms with E-state index in [9.17, 15) is 19.2 Å². The summed E-state index contributed by atoms with van der Waals surface area (Å²) < 4.78 is 59.9. The van der Waals surface area contributed by atoms with E-state index >= 15 is 0 Å². The molecule has 2 heterocycles. The Hall–Kier alpha value is -6.95. The molecule has 6 aromatic rings. The largest absolute Gasteiger partial charge is 0.463 e. The number of nitrogens with one attached hydrogen (secondary N) is 2. The lowest BCUT2D eigenvalue weighted by molar-refractivity contribution is -0.284. The minimum atomic E-state index is -1.14. The maximum absolute atomic E-state index is 13.0. The van der Waals surface area contributed by atoms with Crippen molar-refractivity contribution in [3.63, 3.8) is 0 Å². The van der Waals surface area contributed by atoms with Crippen LogP contribution in [0, 0.1) is 5.92 Å². The van der Waals surface area contributed by atoms with E-state index in [0.29, 0.717) is 22.6 Å². The van der Waals surface area contributed by atoms with Crippen LogP contribution in [0.3, 0.4) is 0 Å². The number of carbonyl (C=O) groups excluding carboxylic acids is 4. The van der Waals surface area contributed by atoms with Crippen molar-refractivity contribution in [2.24, 2.45) is 5.92 Å². The average Bonchev–Trinajstić information content (AvgIpc) is 3.45. The van der Waals surface area contributed by atoms with E-state index < -0.39 is 66.9 Å². The quantitative estimate of drug-likeness (QED) is 0.0581. The zero-order valence-electron chi connectivity index (χ0n) is 43.5. The smallest absolute Gasteiger partial charge is 0.302 e. The number of carbonyl (C=O) groups is 4. The molecule has 2 N–H and O–H groups in total. The number of amides is 2. The van der Waals surface area contributed by atoms with Crippen LogP contribution in [0.25, 0.3) is 11.1 Å². The summed E-state index contributed by atoms with van der Waals surface area (Å²) >= 11 is 6.87. The third-order valence-electron chi connectivity index (χ3n) is 13.3. The molecule has 2 amide bonds.